The van der Waals surface area contributed by atoms with E-state index in [9.17, 15) is 4.79 Å². The summed E-state index contributed by atoms with van der Waals surface area (Å²) in [6.45, 7) is 1.66. The fraction of sp³-hybridized carbons (Fsp3) is 0.375. The van der Waals surface area contributed by atoms with E-state index in [1.165, 1.54) is 6.33 Å². The second-order valence-electron chi connectivity index (χ2n) is 7.51. The maximum absolute atomic E-state index is 13.1. The summed E-state index contributed by atoms with van der Waals surface area (Å²) in [7, 11) is 4.64. The molecule has 1 aliphatic rings. The fourth-order valence-corrected chi connectivity index (χ4v) is 3.89. The molecular formula is C24H27N3O6. The van der Waals surface area contributed by atoms with Gasteiger partial charge in [-0.25, -0.2) is 9.97 Å². The van der Waals surface area contributed by atoms with Crippen molar-refractivity contribution in [1.82, 2.24) is 14.9 Å². The van der Waals surface area contributed by atoms with Crippen molar-refractivity contribution in [2.45, 2.75) is 12.5 Å². The van der Waals surface area contributed by atoms with Gasteiger partial charge in [0.25, 0.3) is 0 Å². The molecular weight excluding hydrogens is 426 g/mol. The fourth-order valence-electron chi connectivity index (χ4n) is 3.89. The number of methoxy groups -OCH3 is 3. The van der Waals surface area contributed by atoms with Crippen molar-refractivity contribution in [1.29, 1.82) is 0 Å². The summed E-state index contributed by atoms with van der Waals surface area (Å²) in [6.07, 6.45) is 1.39. The number of morpholine rings is 1. The highest BCUT2D eigenvalue weighted by atomic mass is 16.5. The predicted octanol–water partition coefficient (Wildman–Crippen LogP) is 2.50. The summed E-state index contributed by atoms with van der Waals surface area (Å²) in [5.41, 5.74) is 1.54. The second-order valence-corrected chi connectivity index (χ2v) is 7.51. The highest BCUT2D eigenvalue weighted by molar-refractivity contribution is 5.83. The molecule has 1 atom stereocenters. The van der Waals surface area contributed by atoms with E-state index in [2.05, 4.69) is 9.97 Å². The van der Waals surface area contributed by atoms with Crippen LogP contribution in [0.1, 0.15) is 5.56 Å². The van der Waals surface area contributed by atoms with Crippen LogP contribution < -0.4 is 18.9 Å². The van der Waals surface area contributed by atoms with Crippen LogP contribution in [0.2, 0.25) is 0 Å². The van der Waals surface area contributed by atoms with Gasteiger partial charge in [-0.15, -0.1) is 0 Å². The van der Waals surface area contributed by atoms with Gasteiger partial charge in [-0.05, 0) is 18.2 Å². The Bertz CT molecular complexity index is 1120. The van der Waals surface area contributed by atoms with Gasteiger partial charge in [0, 0.05) is 12.1 Å². The van der Waals surface area contributed by atoms with E-state index >= 15 is 0 Å². The molecule has 4 rings (SSSR count). The van der Waals surface area contributed by atoms with E-state index < -0.39 is 0 Å². The van der Waals surface area contributed by atoms with Crippen LogP contribution >= 0.6 is 0 Å². The number of carbonyl (C=O) groups excluding carboxylic acids is 1. The maximum atomic E-state index is 13.1. The molecule has 1 aromatic heterocycles. The SMILES string of the molecule is COc1ccc(CC(=O)N2CCOC(COc3ncnc4ccccc34)C2)c(OC)c1OC. The number of amides is 1. The molecule has 0 aliphatic carbocycles. The first-order valence-corrected chi connectivity index (χ1v) is 10.6. The number of para-hydroxylation sites is 1. The standard InChI is InChI=1S/C24H27N3O6/c1-29-20-9-8-16(22(30-2)23(20)31-3)12-21(28)27-10-11-32-17(13-27)14-33-24-18-6-4-5-7-19(18)25-15-26-24/h4-9,15,17H,10-14H2,1-3H3. The number of carbonyl (C=O) groups is 1. The summed E-state index contributed by atoms with van der Waals surface area (Å²) in [5.74, 6) is 1.99. The van der Waals surface area contributed by atoms with Crippen LogP contribution in [0, 0.1) is 0 Å². The molecule has 0 spiro atoms. The van der Waals surface area contributed by atoms with E-state index in [0.717, 1.165) is 16.5 Å². The van der Waals surface area contributed by atoms with Crippen molar-refractivity contribution >= 4 is 16.8 Å². The molecule has 1 aliphatic heterocycles. The minimum Gasteiger partial charge on any atom is -0.493 e. The molecule has 33 heavy (non-hydrogen) atoms. The zero-order valence-electron chi connectivity index (χ0n) is 18.9. The summed E-state index contributed by atoms with van der Waals surface area (Å²) in [6, 6.07) is 11.2. The van der Waals surface area contributed by atoms with Crippen molar-refractivity contribution in [3.8, 4) is 23.1 Å². The highest BCUT2D eigenvalue weighted by Gasteiger charge is 2.27. The normalized spacial score (nSPS) is 15.8. The van der Waals surface area contributed by atoms with Crippen LogP contribution in [-0.2, 0) is 16.0 Å². The van der Waals surface area contributed by atoms with Crippen LogP contribution in [0.3, 0.4) is 0 Å². The topological polar surface area (TPSA) is 92.2 Å². The third-order valence-corrected chi connectivity index (χ3v) is 5.53. The monoisotopic (exact) mass is 453 g/mol. The van der Waals surface area contributed by atoms with E-state index in [4.69, 9.17) is 23.7 Å². The third kappa shape index (κ3) is 4.93. The summed E-state index contributed by atoms with van der Waals surface area (Å²) in [4.78, 5) is 23.3. The number of fused-ring (bicyclic) bond motifs is 1. The van der Waals surface area contributed by atoms with E-state index in [1.807, 2.05) is 30.3 Å². The Hall–Kier alpha value is -3.59. The largest absolute Gasteiger partial charge is 0.493 e. The van der Waals surface area contributed by atoms with Gasteiger partial charge in [-0.2, -0.15) is 0 Å². The summed E-state index contributed by atoms with van der Waals surface area (Å²) < 4.78 is 28.0. The van der Waals surface area contributed by atoms with E-state index in [0.29, 0.717) is 42.8 Å². The lowest BCUT2D eigenvalue weighted by Gasteiger charge is -2.33. The van der Waals surface area contributed by atoms with Crippen LogP contribution in [-0.4, -0.2) is 74.5 Å². The van der Waals surface area contributed by atoms with Crippen LogP contribution in [0.25, 0.3) is 10.9 Å². The molecule has 174 valence electrons. The van der Waals surface area contributed by atoms with Gasteiger partial charge in [-0.3, -0.25) is 4.79 Å². The molecule has 1 fully saturated rings. The number of ether oxygens (including phenoxy) is 5. The number of hydrogen-bond donors (Lipinski definition) is 0. The van der Waals surface area contributed by atoms with Gasteiger partial charge in [0.15, 0.2) is 11.5 Å². The summed E-state index contributed by atoms with van der Waals surface area (Å²) >= 11 is 0. The van der Waals surface area contributed by atoms with Crippen LogP contribution in [0.5, 0.6) is 23.1 Å². The maximum Gasteiger partial charge on any atom is 0.227 e. The Morgan fingerprint density at radius 3 is 2.67 bits per heavy atom. The molecule has 1 saturated heterocycles. The zero-order chi connectivity index (χ0) is 23.2. The highest BCUT2D eigenvalue weighted by Crippen LogP contribution is 2.40. The molecule has 3 aromatic rings. The van der Waals surface area contributed by atoms with Gasteiger partial charge in [0.05, 0.1) is 51.8 Å². The number of benzene rings is 2. The van der Waals surface area contributed by atoms with E-state index in [1.54, 1.807) is 32.3 Å². The Kier molecular flexibility index (Phi) is 7.09. The van der Waals surface area contributed by atoms with Gasteiger partial charge in [0.2, 0.25) is 17.5 Å². The predicted molar refractivity (Wildman–Crippen MR) is 121 cm³/mol. The quantitative estimate of drug-likeness (QED) is 0.514. The van der Waals surface area contributed by atoms with Gasteiger partial charge in [-0.1, -0.05) is 18.2 Å². The second kappa shape index (κ2) is 10.4. The first-order chi connectivity index (χ1) is 16.1. The smallest absolute Gasteiger partial charge is 0.227 e. The number of hydrogen-bond acceptors (Lipinski definition) is 8. The average Bonchev–Trinajstić information content (AvgIpc) is 2.87. The minimum absolute atomic E-state index is 0.0266. The Morgan fingerprint density at radius 2 is 1.88 bits per heavy atom. The lowest BCUT2D eigenvalue weighted by molar-refractivity contribution is -0.139. The third-order valence-electron chi connectivity index (χ3n) is 5.53. The zero-order valence-corrected chi connectivity index (χ0v) is 18.9. The lowest BCUT2D eigenvalue weighted by atomic mass is 10.1. The number of rotatable bonds is 8. The molecule has 0 N–H and O–H groups in total. The van der Waals surface area contributed by atoms with Gasteiger partial charge in [0.1, 0.15) is 19.0 Å². The van der Waals surface area contributed by atoms with Crippen LogP contribution in [0.15, 0.2) is 42.7 Å². The molecule has 9 nitrogen and oxygen atoms in total. The van der Waals surface area contributed by atoms with E-state index in [-0.39, 0.29) is 25.0 Å². The molecule has 1 amide bonds. The van der Waals surface area contributed by atoms with Crippen molar-refractivity contribution in [2.75, 3.05) is 47.6 Å². The van der Waals surface area contributed by atoms with Crippen molar-refractivity contribution in [3.05, 3.63) is 48.3 Å². The molecule has 0 saturated carbocycles. The summed E-state index contributed by atoms with van der Waals surface area (Å²) in [5, 5.41) is 0.837. The van der Waals surface area contributed by atoms with Crippen molar-refractivity contribution in [3.63, 3.8) is 0 Å². The van der Waals surface area contributed by atoms with Crippen molar-refractivity contribution < 1.29 is 28.5 Å². The van der Waals surface area contributed by atoms with Crippen molar-refractivity contribution in [2.24, 2.45) is 0 Å². The first kappa shape index (κ1) is 22.6. The average molecular weight is 453 g/mol. The molecule has 9 heteroatoms. The first-order valence-electron chi connectivity index (χ1n) is 10.6. The molecule has 2 aromatic carbocycles. The van der Waals surface area contributed by atoms with Gasteiger partial charge >= 0.3 is 0 Å². The Balaban J connectivity index is 1.41. The number of nitrogens with zero attached hydrogens (tertiary/aromatic N) is 3. The van der Waals surface area contributed by atoms with Gasteiger partial charge < -0.3 is 28.6 Å². The Labute approximate surface area is 192 Å². The molecule has 1 unspecified atom stereocenters. The van der Waals surface area contributed by atoms with Crippen LogP contribution in [0.4, 0.5) is 0 Å². The molecule has 0 radical (unpaired) electrons. The lowest BCUT2D eigenvalue weighted by Crippen LogP contribution is -2.48. The minimum atomic E-state index is -0.260. The Morgan fingerprint density at radius 1 is 1.06 bits per heavy atom. The molecule has 2 heterocycles. The molecule has 0 bridgehead atoms. The number of aromatic nitrogens is 2.